The summed E-state index contributed by atoms with van der Waals surface area (Å²) >= 11 is 0. The molecular formula is C13H22O2. The molecule has 0 spiro atoms. The fourth-order valence-electron chi connectivity index (χ4n) is 1.31. The second-order valence-electron chi connectivity index (χ2n) is 3.72. The number of hydrogen-bond acceptors (Lipinski definition) is 2. The lowest BCUT2D eigenvalue weighted by molar-refractivity contribution is -0.141. The van der Waals surface area contributed by atoms with Crippen LogP contribution in [0.4, 0.5) is 0 Å². The molecule has 0 heterocycles. The molecule has 2 nitrogen and oxygen atoms in total. The molecular weight excluding hydrogens is 188 g/mol. The van der Waals surface area contributed by atoms with Crippen LogP contribution in [-0.2, 0) is 9.53 Å². The van der Waals surface area contributed by atoms with E-state index in [2.05, 4.69) is 26.8 Å². The molecule has 0 atom stereocenters. The quantitative estimate of drug-likeness (QED) is 0.494. The van der Waals surface area contributed by atoms with Crippen molar-refractivity contribution in [2.24, 2.45) is 0 Å². The third-order valence-electron chi connectivity index (χ3n) is 2.08. The third-order valence-corrected chi connectivity index (χ3v) is 2.08. The molecule has 0 aliphatic rings. The van der Waals surface area contributed by atoms with Crippen molar-refractivity contribution in [1.82, 2.24) is 0 Å². The summed E-state index contributed by atoms with van der Waals surface area (Å²) in [6.45, 7) is 8.52. The predicted octanol–water partition coefficient (Wildman–Crippen LogP) is 3.63. The van der Waals surface area contributed by atoms with Crippen molar-refractivity contribution < 1.29 is 9.53 Å². The fraction of sp³-hybridized carbons (Fsp3) is 0.615. The molecule has 0 aromatic carbocycles. The molecule has 0 fully saturated rings. The molecule has 0 bridgehead atoms. The van der Waals surface area contributed by atoms with Gasteiger partial charge in [-0.25, -0.2) is 0 Å². The largest absolute Gasteiger partial charge is 0.461 e. The van der Waals surface area contributed by atoms with E-state index in [-0.39, 0.29) is 5.97 Å². The van der Waals surface area contributed by atoms with Crippen LogP contribution in [0.2, 0.25) is 0 Å². The van der Waals surface area contributed by atoms with E-state index in [1.54, 1.807) is 6.92 Å². The van der Waals surface area contributed by atoms with E-state index in [0.29, 0.717) is 13.0 Å². The number of carbonyl (C=O) groups is 1. The van der Waals surface area contributed by atoms with Crippen molar-refractivity contribution in [2.45, 2.75) is 47.0 Å². The molecule has 0 unspecified atom stereocenters. The second kappa shape index (κ2) is 8.27. The van der Waals surface area contributed by atoms with E-state index in [9.17, 15) is 4.79 Å². The molecule has 0 saturated heterocycles. The lowest BCUT2D eigenvalue weighted by Crippen LogP contribution is -2.02. The summed E-state index contributed by atoms with van der Waals surface area (Å²) in [6, 6.07) is 0. The number of hydrogen-bond donors (Lipinski definition) is 0. The first-order valence-electron chi connectivity index (χ1n) is 5.57. The highest BCUT2D eigenvalue weighted by Gasteiger charge is 1.96. The van der Waals surface area contributed by atoms with Crippen LogP contribution >= 0.6 is 0 Å². The Balaban J connectivity index is 3.89. The van der Waals surface area contributed by atoms with Crippen LogP contribution in [0, 0.1) is 0 Å². The molecule has 0 aliphatic heterocycles. The van der Waals surface area contributed by atoms with Gasteiger partial charge in [-0.05, 0) is 32.8 Å². The Hall–Kier alpha value is -1.05. The van der Waals surface area contributed by atoms with Crippen molar-refractivity contribution in [2.75, 3.05) is 6.61 Å². The van der Waals surface area contributed by atoms with E-state index in [0.717, 1.165) is 12.8 Å². The standard InChI is InChI=1S/C13H22O2/c1-5-7-11(3)10-12(4)8-9-15-13(14)6-2/h7-8H,5-6,9-10H2,1-4H3/b11-7+,12-8+. The highest BCUT2D eigenvalue weighted by atomic mass is 16.5. The molecule has 86 valence electrons. The SMILES string of the molecule is CC/C=C(\C)C/C(C)=C/COC(=O)CC. The van der Waals surface area contributed by atoms with Crippen molar-refractivity contribution in [3.8, 4) is 0 Å². The normalized spacial score (nSPS) is 12.8. The van der Waals surface area contributed by atoms with Crippen molar-refractivity contribution in [1.29, 1.82) is 0 Å². The lowest BCUT2D eigenvalue weighted by atomic mass is 10.1. The van der Waals surface area contributed by atoms with Crippen molar-refractivity contribution >= 4 is 5.97 Å². The lowest BCUT2D eigenvalue weighted by Gasteiger charge is -2.03. The van der Waals surface area contributed by atoms with E-state index < -0.39 is 0 Å². The molecule has 0 amide bonds. The summed E-state index contributed by atoms with van der Waals surface area (Å²) < 4.78 is 4.97. The van der Waals surface area contributed by atoms with Gasteiger partial charge >= 0.3 is 5.97 Å². The fourth-order valence-corrected chi connectivity index (χ4v) is 1.31. The summed E-state index contributed by atoms with van der Waals surface area (Å²) in [7, 11) is 0. The Morgan fingerprint density at radius 1 is 1.13 bits per heavy atom. The molecule has 0 rings (SSSR count). The van der Waals surface area contributed by atoms with Gasteiger partial charge in [-0.3, -0.25) is 4.79 Å². The molecule has 0 aromatic rings. The average Bonchev–Trinajstić information content (AvgIpc) is 2.17. The first-order chi connectivity index (χ1) is 7.10. The Labute approximate surface area is 93.0 Å². The summed E-state index contributed by atoms with van der Waals surface area (Å²) in [5, 5.41) is 0. The Morgan fingerprint density at radius 3 is 2.27 bits per heavy atom. The van der Waals surface area contributed by atoms with Gasteiger partial charge in [-0.1, -0.05) is 31.1 Å². The minimum absolute atomic E-state index is 0.139. The minimum atomic E-state index is -0.139. The molecule has 0 N–H and O–H groups in total. The van der Waals surface area contributed by atoms with Gasteiger partial charge in [-0.15, -0.1) is 0 Å². The van der Waals surface area contributed by atoms with E-state index in [4.69, 9.17) is 4.74 Å². The Bertz CT molecular complexity index is 249. The van der Waals surface area contributed by atoms with Crippen LogP contribution in [0.3, 0.4) is 0 Å². The van der Waals surface area contributed by atoms with Gasteiger partial charge in [0.25, 0.3) is 0 Å². The summed E-state index contributed by atoms with van der Waals surface area (Å²) in [6.07, 6.45) is 6.68. The average molecular weight is 210 g/mol. The van der Waals surface area contributed by atoms with Crippen molar-refractivity contribution in [3.05, 3.63) is 23.3 Å². The van der Waals surface area contributed by atoms with Crippen LogP contribution in [0.5, 0.6) is 0 Å². The Morgan fingerprint density at radius 2 is 1.73 bits per heavy atom. The number of ether oxygens (including phenoxy) is 1. The van der Waals surface area contributed by atoms with Gasteiger partial charge in [0.15, 0.2) is 0 Å². The van der Waals surface area contributed by atoms with Crippen LogP contribution in [-0.4, -0.2) is 12.6 Å². The van der Waals surface area contributed by atoms with E-state index >= 15 is 0 Å². The molecule has 0 aliphatic carbocycles. The second-order valence-corrected chi connectivity index (χ2v) is 3.72. The first kappa shape index (κ1) is 13.9. The van der Waals surface area contributed by atoms with Crippen molar-refractivity contribution in [3.63, 3.8) is 0 Å². The Kier molecular flexibility index (Phi) is 7.69. The molecule has 15 heavy (non-hydrogen) atoms. The monoisotopic (exact) mass is 210 g/mol. The van der Waals surface area contributed by atoms with Gasteiger partial charge in [0.1, 0.15) is 6.61 Å². The van der Waals surface area contributed by atoms with Gasteiger partial charge in [-0.2, -0.15) is 0 Å². The van der Waals surface area contributed by atoms with E-state index in [1.807, 2.05) is 6.08 Å². The maximum absolute atomic E-state index is 10.9. The van der Waals surface area contributed by atoms with Gasteiger partial charge < -0.3 is 4.74 Å². The van der Waals surface area contributed by atoms with Gasteiger partial charge in [0.2, 0.25) is 0 Å². The van der Waals surface area contributed by atoms with Crippen LogP contribution in [0.25, 0.3) is 0 Å². The summed E-state index contributed by atoms with van der Waals surface area (Å²) in [5.41, 5.74) is 2.62. The zero-order valence-corrected chi connectivity index (χ0v) is 10.3. The smallest absolute Gasteiger partial charge is 0.305 e. The molecule has 0 radical (unpaired) electrons. The number of rotatable bonds is 6. The highest BCUT2D eigenvalue weighted by Crippen LogP contribution is 2.10. The van der Waals surface area contributed by atoms with E-state index in [1.165, 1.54) is 11.1 Å². The molecule has 0 saturated carbocycles. The molecule has 0 aromatic heterocycles. The predicted molar refractivity (Wildman–Crippen MR) is 63.7 cm³/mol. The maximum Gasteiger partial charge on any atom is 0.305 e. The number of carbonyl (C=O) groups excluding carboxylic acids is 1. The minimum Gasteiger partial charge on any atom is -0.461 e. The first-order valence-corrected chi connectivity index (χ1v) is 5.57. The summed E-state index contributed by atoms with van der Waals surface area (Å²) in [4.78, 5) is 10.9. The molecule has 2 heteroatoms. The summed E-state index contributed by atoms with van der Waals surface area (Å²) in [5.74, 6) is -0.139. The van der Waals surface area contributed by atoms with Gasteiger partial charge in [0.05, 0.1) is 0 Å². The third kappa shape index (κ3) is 7.98. The van der Waals surface area contributed by atoms with Crippen LogP contribution in [0.15, 0.2) is 23.3 Å². The van der Waals surface area contributed by atoms with Gasteiger partial charge in [0, 0.05) is 6.42 Å². The highest BCUT2D eigenvalue weighted by molar-refractivity contribution is 5.68. The van der Waals surface area contributed by atoms with Crippen LogP contribution in [0.1, 0.15) is 47.0 Å². The maximum atomic E-state index is 10.9. The number of esters is 1. The topological polar surface area (TPSA) is 26.3 Å². The number of allylic oxidation sites excluding steroid dienone is 3. The zero-order chi connectivity index (χ0) is 11.7. The van der Waals surface area contributed by atoms with Crippen LogP contribution < -0.4 is 0 Å². The zero-order valence-electron chi connectivity index (χ0n) is 10.3.